The molecule has 0 radical (unpaired) electrons. The molecule has 0 aromatic heterocycles. The lowest BCUT2D eigenvalue weighted by Gasteiger charge is -2.29. The van der Waals surface area contributed by atoms with Crippen LogP contribution < -0.4 is 0 Å². The minimum absolute atomic E-state index is 0.594. The first-order valence-corrected chi connectivity index (χ1v) is 7.07. The first kappa shape index (κ1) is 13.6. The van der Waals surface area contributed by atoms with Crippen molar-refractivity contribution in [2.24, 2.45) is 0 Å². The summed E-state index contributed by atoms with van der Waals surface area (Å²) in [6.07, 6.45) is 6.30. The van der Waals surface area contributed by atoms with Crippen molar-refractivity contribution < 1.29 is 5.11 Å². The van der Waals surface area contributed by atoms with E-state index in [0.717, 1.165) is 38.6 Å². The average Bonchev–Trinajstić information content (AvgIpc) is 2.50. The van der Waals surface area contributed by atoms with Gasteiger partial charge in [-0.3, -0.25) is 0 Å². The van der Waals surface area contributed by atoms with Crippen LogP contribution in [0.2, 0.25) is 0 Å². The van der Waals surface area contributed by atoms with Crippen LogP contribution in [0.1, 0.15) is 43.2 Å². The summed E-state index contributed by atoms with van der Waals surface area (Å²) in [4.78, 5) is 2.19. The molecule has 18 heavy (non-hydrogen) atoms. The van der Waals surface area contributed by atoms with Crippen LogP contribution in [0.5, 0.6) is 0 Å². The Labute approximate surface area is 111 Å². The Bertz CT molecular complexity index is 388. The monoisotopic (exact) mass is 247 g/mol. The van der Waals surface area contributed by atoms with Crippen LogP contribution in [0.4, 0.5) is 0 Å². The van der Waals surface area contributed by atoms with Gasteiger partial charge >= 0.3 is 0 Å². The molecule has 1 aliphatic rings. The molecule has 2 nitrogen and oxygen atoms in total. The number of aliphatic hydroxyl groups is 1. The molecule has 1 atom stereocenters. The summed E-state index contributed by atoms with van der Waals surface area (Å²) >= 11 is 0. The van der Waals surface area contributed by atoms with Crippen molar-refractivity contribution in [2.45, 2.75) is 44.1 Å². The minimum Gasteiger partial charge on any atom is -0.385 e. The molecule has 1 aromatic rings. The summed E-state index contributed by atoms with van der Waals surface area (Å²) < 4.78 is 0. The van der Waals surface area contributed by atoms with Crippen molar-refractivity contribution >= 4 is 0 Å². The molecule has 0 saturated heterocycles. The van der Waals surface area contributed by atoms with E-state index < -0.39 is 5.60 Å². The molecule has 0 heterocycles. The molecule has 0 fully saturated rings. The van der Waals surface area contributed by atoms with Gasteiger partial charge in [0.15, 0.2) is 0 Å². The second kappa shape index (κ2) is 5.85. The van der Waals surface area contributed by atoms with Crippen molar-refractivity contribution in [2.75, 3.05) is 20.6 Å². The van der Waals surface area contributed by atoms with Crippen LogP contribution in [0.25, 0.3) is 0 Å². The van der Waals surface area contributed by atoms with Crippen molar-refractivity contribution in [1.29, 1.82) is 0 Å². The smallest absolute Gasteiger partial charge is 0.0899 e. The van der Waals surface area contributed by atoms with E-state index in [1.807, 2.05) is 0 Å². The third kappa shape index (κ3) is 3.12. The largest absolute Gasteiger partial charge is 0.385 e. The normalized spacial score (nSPS) is 23.8. The van der Waals surface area contributed by atoms with Gasteiger partial charge in [0.1, 0.15) is 0 Å². The molecule has 2 heteroatoms. The zero-order chi connectivity index (χ0) is 13.0. The fraction of sp³-hybridized carbons (Fsp3) is 0.625. The molecule has 100 valence electrons. The Balaban J connectivity index is 2.15. The topological polar surface area (TPSA) is 23.5 Å². The zero-order valence-electron chi connectivity index (χ0n) is 11.7. The van der Waals surface area contributed by atoms with Crippen molar-refractivity contribution in [3.63, 3.8) is 0 Å². The maximum atomic E-state index is 11.0. The second-order valence-electron chi connectivity index (χ2n) is 5.80. The number of rotatable bonds is 4. The highest BCUT2D eigenvalue weighted by atomic mass is 16.3. The van der Waals surface area contributed by atoms with Crippen LogP contribution >= 0.6 is 0 Å². The third-order valence-electron chi connectivity index (χ3n) is 4.00. The summed E-state index contributed by atoms with van der Waals surface area (Å²) in [5.41, 5.74) is 1.94. The van der Waals surface area contributed by atoms with Crippen LogP contribution in [-0.4, -0.2) is 30.6 Å². The molecule has 1 N–H and O–H groups in total. The van der Waals surface area contributed by atoms with Crippen molar-refractivity contribution in [3.05, 3.63) is 35.4 Å². The van der Waals surface area contributed by atoms with Gasteiger partial charge in [-0.05, 0) is 70.3 Å². The van der Waals surface area contributed by atoms with E-state index in [-0.39, 0.29) is 0 Å². The first-order valence-electron chi connectivity index (χ1n) is 7.07. The summed E-state index contributed by atoms with van der Waals surface area (Å²) in [5, 5.41) is 11.0. The van der Waals surface area contributed by atoms with Crippen LogP contribution in [0.15, 0.2) is 24.3 Å². The Morgan fingerprint density at radius 1 is 1.22 bits per heavy atom. The number of benzene rings is 1. The predicted octanol–water partition coefficient (Wildman–Crippen LogP) is 2.94. The maximum absolute atomic E-state index is 11.0. The van der Waals surface area contributed by atoms with Gasteiger partial charge in [-0.1, -0.05) is 24.3 Å². The molecule has 1 aromatic carbocycles. The maximum Gasteiger partial charge on any atom is 0.0899 e. The van der Waals surface area contributed by atoms with Gasteiger partial charge in [-0.25, -0.2) is 0 Å². The zero-order valence-corrected chi connectivity index (χ0v) is 11.7. The van der Waals surface area contributed by atoms with Gasteiger partial charge in [-0.15, -0.1) is 0 Å². The van der Waals surface area contributed by atoms with E-state index in [1.165, 1.54) is 17.5 Å². The van der Waals surface area contributed by atoms with Gasteiger partial charge in [0.05, 0.1) is 5.60 Å². The standard InChI is InChI=1S/C16H25NO/c1-17(2)13-7-12-16(18)11-6-5-9-14-8-3-4-10-15(14)16/h3-4,8,10,18H,5-7,9,11-13H2,1-2H3. The summed E-state index contributed by atoms with van der Waals surface area (Å²) in [5.74, 6) is 0. The summed E-state index contributed by atoms with van der Waals surface area (Å²) in [6.45, 7) is 1.05. The lowest BCUT2D eigenvalue weighted by Crippen LogP contribution is -2.27. The van der Waals surface area contributed by atoms with E-state index in [0.29, 0.717) is 0 Å². The fourth-order valence-corrected chi connectivity index (χ4v) is 3.01. The van der Waals surface area contributed by atoms with Gasteiger partial charge in [0.2, 0.25) is 0 Å². The molecule has 1 unspecified atom stereocenters. The molecular formula is C16H25NO. The average molecular weight is 247 g/mol. The quantitative estimate of drug-likeness (QED) is 0.827. The molecule has 2 rings (SSSR count). The lowest BCUT2D eigenvalue weighted by molar-refractivity contribution is 0.0145. The molecule has 0 amide bonds. The van der Waals surface area contributed by atoms with Crippen LogP contribution in [0, 0.1) is 0 Å². The SMILES string of the molecule is CN(C)CCCC1(O)CCCCc2ccccc21. The van der Waals surface area contributed by atoms with Crippen LogP contribution in [-0.2, 0) is 12.0 Å². The number of fused-ring (bicyclic) bond motifs is 1. The number of aryl methyl sites for hydroxylation is 1. The van der Waals surface area contributed by atoms with E-state index in [4.69, 9.17) is 0 Å². The molecule has 0 bridgehead atoms. The molecule has 1 aliphatic carbocycles. The van der Waals surface area contributed by atoms with Gasteiger partial charge in [0.25, 0.3) is 0 Å². The Hall–Kier alpha value is -0.860. The number of hydrogen-bond donors (Lipinski definition) is 1. The van der Waals surface area contributed by atoms with Crippen LogP contribution in [0.3, 0.4) is 0 Å². The lowest BCUT2D eigenvalue weighted by atomic mass is 9.84. The van der Waals surface area contributed by atoms with Gasteiger partial charge < -0.3 is 10.0 Å². The van der Waals surface area contributed by atoms with Crippen molar-refractivity contribution in [3.8, 4) is 0 Å². The molecule has 0 aliphatic heterocycles. The highest BCUT2D eigenvalue weighted by molar-refractivity contribution is 5.33. The first-order chi connectivity index (χ1) is 8.62. The third-order valence-corrected chi connectivity index (χ3v) is 4.00. The van der Waals surface area contributed by atoms with Gasteiger partial charge in [0, 0.05) is 0 Å². The molecule has 0 spiro atoms. The highest BCUT2D eigenvalue weighted by Crippen LogP contribution is 2.37. The predicted molar refractivity (Wildman–Crippen MR) is 75.7 cm³/mol. The fourth-order valence-electron chi connectivity index (χ4n) is 3.01. The van der Waals surface area contributed by atoms with E-state index >= 15 is 0 Å². The minimum atomic E-state index is -0.594. The van der Waals surface area contributed by atoms with E-state index in [9.17, 15) is 5.11 Å². The molecule has 0 saturated carbocycles. The highest BCUT2D eigenvalue weighted by Gasteiger charge is 2.31. The number of nitrogens with zero attached hydrogens (tertiary/aromatic N) is 1. The Morgan fingerprint density at radius 3 is 2.78 bits per heavy atom. The Kier molecular flexibility index (Phi) is 4.41. The van der Waals surface area contributed by atoms with Gasteiger partial charge in [-0.2, -0.15) is 0 Å². The molecular weight excluding hydrogens is 222 g/mol. The summed E-state index contributed by atoms with van der Waals surface area (Å²) in [7, 11) is 4.18. The van der Waals surface area contributed by atoms with E-state index in [1.54, 1.807) is 0 Å². The number of hydrogen-bond acceptors (Lipinski definition) is 2. The summed E-state index contributed by atoms with van der Waals surface area (Å²) in [6, 6.07) is 8.44. The van der Waals surface area contributed by atoms with E-state index in [2.05, 4.69) is 43.3 Å². The van der Waals surface area contributed by atoms with Crippen molar-refractivity contribution in [1.82, 2.24) is 4.90 Å². The second-order valence-corrected chi connectivity index (χ2v) is 5.80. The Morgan fingerprint density at radius 2 is 2.00 bits per heavy atom.